The van der Waals surface area contributed by atoms with Gasteiger partial charge in [-0.3, -0.25) is 9.59 Å². The molecule has 2 amide bonds. The summed E-state index contributed by atoms with van der Waals surface area (Å²) in [6.07, 6.45) is 3.12. The van der Waals surface area contributed by atoms with Crippen molar-refractivity contribution in [2.45, 2.75) is 52.8 Å². The predicted molar refractivity (Wildman–Crippen MR) is 187 cm³/mol. The van der Waals surface area contributed by atoms with E-state index in [4.69, 9.17) is 28.3 Å². The van der Waals surface area contributed by atoms with Crippen molar-refractivity contribution < 1.29 is 22.8 Å². The molecule has 1 aliphatic heterocycles. The summed E-state index contributed by atoms with van der Waals surface area (Å²) in [7, 11) is 1.48. The molecule has 9 nitrogen and oxygen atoms in total. The zero-order chi connectivity index (χ0) is 35.5. The number of allylic oxidation sites excluding steroid dienone is 6. The van der Waals surface area contributed by atoms with Gasteiger partial charge in [0.1, 0.15) is 5.69 Å². The Morgan fingerprint density at radius 2 is 1.76 bits per heavy atom. The van der Waals surface area contributed by atoms with Gasteiger partial charge in [0, 0.05) is 17.6 Å². The zero-order valence-corrected chi connectivity index (χ0v) is 28.8. The molecule has 0 atom stereocenters. The van der Waals surface area contributed by atoms with Crippen LogP contribution in [0.2, 0.25) is 5.02 Å². The number of amidine groups is 1. The Kier molecular flexibility index (Phi) is 10.8. The Morgan fingerprint density at radius 1 is 1.02 bits per heavy atom. The zero-order valence-electron chi connectivity index (χ0n) is 27.3. The molecule has 1 aromatic heterocycles. The Morgan fingerprint density at radius 3 is 2.43 bits per heavy atom. The summed E-state index contributed by atoms with van der Waals surface area (Å²) in [5.74, 6) is -0.620. The molecule has 256 valence electrons. The van der Waals surface area contributed by atoms with Crippen LogP contribution in [0, 0.1) is 6.92 Å². The van der Waals surface area contributed by atoms with Crippen LogP contribution >= 0.6 is 23.2 Å². The number of benzene rings is 2. The van der Waals surface area contributed by atoms with Gasteiger partial charge in [-0.1, -0.05) is 54.4 Å². The minimum absolute atomic E-state index is 0.142. The summed E-state index contributed by atoms with van der Waals surface area (Å²) in [5.41, 5.74) is 3.53. The molecule has 3 aromatic rings. The van der Waals surface area contributed by atoms with Gasteiger partial charge in [0.25, 0.3) is 11.8 Å². The number of nitrogens with zero attached hydrogens (tertiary/aromatic N) is 5. The minimum Gasteiger partial charge on any atom is -0.355 e. The van der Waals surface area contributed by atoms with Crippen LogP contribution in [0.25, 0.3) is 5.70 Å². The van der Waals surface area contributed by atoms with Crippen molar-refractivity contribution in [3.05, 3.63) is 110 Å². The van der Waals surface area contributed by atoms with Crippen LogP contribution in [0.15, 0.2) is 81.5 Å². The van der Waals surface area contributed by atoms with Crippen LogP contribution in [-0.2, 0) is 12.7 Å². The van der Waals surface area contributed by atoms with Crippen molar-refractivity contribution in [1.82, 2.24) is 20.0 Å². The Hall–Kier alpha value is -4.68. The summed E-state index contributed by atoms with van der Waals surface area (Å²) in [6.45, 7) is 6.08. The molecule has 0 spiro atoms. The van der Waals surface area contributed by atoms with Gasteiger partial charge < -0.3 is 15.5 Å². The first-order valence-electron chi connectivity index (χ1n) is 15.5. The highest BCUT2D eigenvalue weighted by Crippen LogP contribution is 2.32. The maximum atomic E-state index is 14.2. The normalized spacial score (nSPS) is 15.3. The van der Waals surface area contributed by atoms with Gasteiger partial charge in [-0.25, -0.2) is 4.68 Å². The molecule has 0 saturated carbocycles. The van der Waals surface area contributed by atoms with E-state index < -0.39 is 23.6 Å². The molecule has 2 aliphatic rings. The van der Waals surface area contributed by atoms with E-state index in [2.05, 4.69) is 20.8 Å². The van der Waals surface area contributed by atoms with E-state index in [0.29, 0.717) is 57.8 Å². The largest absolute Gasteiger partial charge is 0.416 e. The number of hydrogen-bond donors (Lipinski definition) is 2. The second-order valence-electron chi connectivity index (χ2n) is 11.6. The lowest BCUT2D eigenvalue weighted by molar-refractivity contribution is -0.137. The highest BCUT2D eigenvalue weighted by atomic mass is 35.5. The summed E-state index contributed by atoms with van der Waals surface area (Å²) in [4.78, 5) is 28.8. The van der Waals surface area contributed by atoms with Crippen LogP contribution in [-0.4, -0.2) is 51.6 Å². The predicted octanol–water partition coefficient (Wildman–Crippen LogP) is 8.21. The third-order valence-electron chi connectivity index (χ3n) is 8.10. The molecule has 0 unspecified atom stereocenters. The molecule has 2 N–H and O–H groups in total. The number of aryl methyl sites for hydroxylation is 1. The molecule has 2 aromatic carbocycles. The minimum atomic E-state index is -4.48. The maximum Gasteiger partial charge on any atom is 0.416 e. The molecule has 0 bridgehead atoms. The summed E-state index contributed by atoms with van der Waals surface area (Å²) < 4.78 is 41.4. The molecular weight excluding hydrogens is 678 g/mol. The Labute approximate surface area is 291 Å². The number of aromatic nitrogens is 2. The van der Waals surface area contributed by atoms with Crippen LogP contribution in [0.3, 0.4) is 0 Å². The Balaban J connectivity index is 1.58. The van der Waals surface area contributed by atoms with Crippen LogP contribution in [0.1, 0.15) is 76.3 Å². The first-order valence-corrected chi connectivity index (χ1v) is 16.3. The maximum absolute atomic E-state index is 14.2. The van der Waals surface area contributed by atoms with E-state index in [0.717, 1.165) is 29.8 Å². The summed E-state index contributed by atoms with van der Waals surface area (Å²) in [5, 5.41) is 19.7. The first kappa shape index (κ1) is 35.6. The molecular formula is C35H34Cl2F3N7O2. The van der Waals surface area contributed by atoms with Gasteiger partial charge in [0.15, 0.2) is 5.84 Å². The third kappa shape index (κ3) is 7.97. The topological polar surface area (TPSA) is 104 Å². The molecule has 1 aliphatic carbocycles. The van der Waals surface area contributed by atoms with Gasteiger partial charge in [-0.2, -0.15) is 23.4 Å². The van der Waals surface area contributed by atoms with Gasteiger partial charge in [-0.15, -0.1) is 5.10 Å². The van der Waals surface area contributed by atoms with Crippen molar-refractivity contribution in [2.24, 2.45) is 10.2 Å². The molecule has 2 heterocycles. The van der Waals surface area contributed by atoms with Crippen LogP contribution < -0.4 is 10.6 Å². The molecule has 14 heteroatoms. The van der Waals surface area contributed by atoms with Crippen molar-refractivity contribution in [2.75, 3.05) is 18.9 Å². The van der Waals surface area contributed by atoms with E-state index in [1.54, 1.807) is 25.1 Å². The number of carbonyl (C=O) groups excluding carboxylic acids is 2. The highest BCUT2D eigenvalue weighted by molar-refractivity contribution is 6.36. The van der Waals surface area contributed by atoms with Gasteiger partial charge in [-0.05, 0) is 80.7 Å². The van der Waals surface area contributed by atoms with Gasteiger partial charge >= 0.3 is 6.18 Å². The standard InChI is InChI=1S/C35H34Cl2F3N7O2/c1-5-25-18-46(32(44-43-25)22-11-13-23(14-12-22)35(38,39)40)19-26-17-29(47(45-26)31-20(2)9-7-6-8-10-28(31)37)34(49)42-30-21(3)15-24(36)16-27(30)33(48)41-4/h6,8,10-17H,5,7,9,18-19H2,1-4H3,(H,41,48)(H,42,49). The molecule has 0 radical (unpaired) electrons. The van der Waals surface area contributed by atoms with E-state index in [1.165, 1.54) is 29.9 Å². The number of halogens is 5. The quantitative estimate of drug-likeness (QED) is 0.246. The van der Waals surface area contributed by atoms with Crippen LogP contribution in [0.4, 0.5) is 18.9 Å². The SMILES string of the molecule is CCC1=NN=C(c2ccc(C(F)(F)F)cc2)N(Cc2cc(C(=O)Nc3c(C)cc(Cl)cc3C(=O)NC)n(C3=C(C)CCC=CC=C3Cl)n2)C1. The molecule has 0 saturated heterocycles. The first-order chi connectivity index (χ1) is 23.3. The second-order valence-corrected chi connectivity index (χ2v) is 12.4. The lowest BCUT2D eigenvalue weighted by Crippen LogP contribution is -2.38. The third-order valence-corrected chi connectivity index (χ3v) is 8.62. The number of hydrogen-bond acceptors (Lipinski definition) is 6. The number of amides is 2. The number of nitrogens with one attached hydrogen (secondary N) is 2. The fourth-order valence-electron chi connectivity index (χ4n) is 5.54. The lowest BCUT2D eigenvalue weighted by Gasteiger charge is -2.28. The second kappa shape index (κ2) is 14.8. The number of carbonyl (C=O) groups is 2. The average molecular weight is 713 g/mol. The van der Waals surface area contributed by atoms with Crippen molar-refractivity contribution in [3.63, 3.8) is 0 Å². The number of alkyl halides is 3. The van der Waals surface area contributed by atoms with E-state index in [9.17, 15) is 22.8 Å². The van der Waals surface area contributed by atoms with Crippen LogP contribution in [0.5, 0.6) is 0 Å². The summed E-state index contributed by atoms with van der Waals surface area (Å²) in [6, 6.07) is 9.47. The van der Waals surface area contributed by atoms with E-state index in [-0.39, 0.29) is 23.5 Å². The molecule has 5 rings (SSSR count). The van der Waals surface area contributed by atoms with Crippen molar-refractivity contribution in [3.8, 4) is 0 Å². The smallest absolute Gasteiger partial charge is 0.355 e. The summed E-state index contributed by atoms with van der Waals surface area (Å²) >= 11 is 13.1. The van der Waals surface area contributed by atoms with Gasteiger partial charge in [0.05, 0.1) is 52.0 Å². The van der Waals surface area contributed by atoms with E-state index >= 15 is 0 Å². The fourth-order valence-corrected chi connectivity index (χ4v) is 6.12. The fraction of sp³-hybridized carbons (Fsp3) is 0.286. The average Bonchev–Trinajstić information content (AvgIpc) is 3.47. The van der Waals surface area contributed by atoms with Crippen molar-refractivity contribution >= 4 is 57.9 Å². The van der Waals surface area contributed by atoms with Crippen molar-refractivity contribution in [1.29, 1.82) is 0 Å². The lowest BCUT2D eigenvalue weighted by atomic mass is 10.1. The monoisotopic (exact) mass is 711 g/mol. The van der Waals surface area contributed by atoms with E-state index in [1.807, 2.05) is 30.9 Å². The van der Waals surface area contributed by atoms with Gasteiger partial charge in [0.2, 0.25) is 0 Å². The number of rotatable bonds is 8. The highest BCUT2D eigenvalue weighted by Gasteiger charge is 2.31. The Bertz CT molecular complexity index is 1940. The molecule has 49 heavy (non-hydrogen) atoms. The molecule has 0 fully saturated rings. The number of anilines is 1.